The SMILES string of the molecule is N#CCc1ccc(-c2nc3ncccc3o2)cc1Cl. The summed E-state index contributed by atoms with van der Waals surface area (Å²) >= 11 is 6.12. The van der Waals surface area contributed by atoms with Gasteiger partial charge in [0, 0.05) is 16.8 Å². The van der Waals surface area contributed by atoms with E-state index in [0.717, 1.165) is 11.1 Å². The van der Waals surface area contributed by atoms with E-state index in [9.17, 15) is 0 Å². The van der Waals surface area contributed by atoms with Crippen LogP contribution in [0.2, 0.25) is 5.02 Å². The Morgan fingerprint density at radius 1 is 1.32 bits per heavy atom. The van der Waals surface area contributed by atoms with Crippen molar-refractivity contribution in [2.75, 3.05) is 0 Å². The first kappa shape index (κ1) is 11.7. The maximum Gasteiger partial charge on any atom is 0.228 e. The number of oxazole rings is 1. The molecule has 0 atom stereocenters. The molecule has 1 aromatic carbocycles. The molecule has 0 amide bonds. The Morgan fingerprint density at radius 3 is 2.95 bits per heavy atom. The summed E-state index contributed by atoms with van der Waals surface area (Å²) < 4.78 is 5.61. The fourth-order valence-corrected chi connectivity index (χ4v) is 2.05. The van der Waals surface area contributed by atoms with Gasteiger partial charge < -0.3 is 4.42 Å². The Morgan fingerprint density at radius 2 is 2.21 bits per heavy atom. The molecule has 3 aromatic rings. The van der Waals surface area contributed by atoms with Crippen LogP contribution >= 0.6 is 11.6 Å². The molecule has 4 nitrogen and oxygen atoms in total. The number of rotatable bonds is 2. The van der Waals surface area contributed by atoms with Crippen LogP contribution in [0.15, 0.2) is 40.9 Å². The van der Waals surface area contributed by atoms with Crippen molar-refractivity contribution in [3.8, 4) is 17.5 Å². The fourth-order valence-electron chi connectivity index (χ4n) is 1.80. The van der Waals surface area contributed by atoms with Crippen molar-refractivity contribution < 1.29 is 4.42 Å². The van der Waals surface area contributed by atoms with E-state index in [4.69, 9.17) is 21.3 Å². The highest BCUT2D eigenvalue weighted by Crippen LogP contribution is 2.27. The zero-order valence-electron chi connectivity index (χ0n) is 9.80. The van der Waals surface area contributed by atoms with Crippen LogP contribution in [0.3, 0.4) is 0 Å². The summed E-state index contributed by atoms with van der Waals surface area (Å²) in [5.74, 6) is 0.471. The Balaban J connectivity index is 2.06. The lowest BCUT2D eigenvalue weighted by atomic mass is 10.1. The molecule has 2 aromatic heterocycles. The van der Waals surface area contributed by atoms with Crippen molar-refractivity contribution >= 4 is 22.8 Å². The molecular formula is C14H8ClN3O. The smallest absolute Gasteiger partial charge is 0.228 e. The number of hydrogen-bond donors (Lipinski definition) is 0. The minimum absolute atomic E-state index is 0.286. The second kappa shape index (κ2) is 4.71. The Hall–Kier alpha value is -2.38. The number of benzene rings is 1. The number of aromatic nitrogens is 2. The van der Waals surface area contributed by atoms with E-state index >= 15 is 0 Å². The Kier molecular flexibility index (Phi) is 2.90. The predicted molar refractivity (Wildman–Crippen MR) is 71.6 cm³/mol. The van der Waals surface area contributed by atoms with Crippen LogP contribution in [0, 0.1) is 11.3 Å². The van der Waals surface area contributed by atoms with Crippen LogP contribution in [0.1, 0.15) is 5.56 Å². The summed E-state index contributed by atoms with van der Waals surface area (Å²) in [5, 5.41) is 9.21. The highest BCUT2D eigenvalue weighted by Gasteiger charge is 2.10. The van der Waals surface area contributed by atoms with Gasteiger partial charge in [-0.1, -0.05) is 17.7 Å². The number of pyridine rings is 1. The molecule has 0 saturated heterocycles. The number of halogens is 1. The molecular weight excluding hydrogens is 262 g/mol. The van der Waals surface area contributed by atoms with E-state index in [2.05, 4.69) is 16.0 Å². The van der Waals surface area contributed by atoms with E-state index in [1.807, 2.05) is 18.2 Å². The van der Waals surface area contributed by atoms with Crippen LogP contribution in [-0.2, 0) is 6.42 Å². The molecule has 0 fully saturated rings. The molecule has 0 aliphatic heterocycles. The summed E-state index contributed by atoms with van der Waals surface area (Å²) in [6, 6.07) is 11.1. The Labute approximate surface area is 114 Å². The third-order valence-corrected chi connectivity index (χ3v) is 3.09. The quantitative estimate of drug-likeness (QED) is 0.713. The van der Waals surface area contributed by atoms with Gasteiger partial charge in [0.05, 0.1) is 12.5 Å². The summed E-state index contributed by atoms with van der Waals surface area (Å²) in [6.07, 6.45) is 1.95. The molecule has 0 N–H and O–H groups in total. The molecule has 0 unspecified atom stereocenters. The topological polar surface area (TPSA) is 62.7 Å². The molecule has 0 bridgehead atoms. The number of nitriles is 1. The van der Waals surface area contributed by atoms with Gasteiger partial charge >= 0.3 is 0 Å². The normalized spacial score (nSPS) is 10.5. The van der Waals surface area contributed by atoms with Gasteiger partial charge in [0.25, 0.3) is 0 Å². The van der Waals surface area contributed by atoms with Crippen LogP contribution in [0.25, 0.3) is 22.7 Å². The Bertz CT molecular complexity index is 756. The van der Waals surface area contributed by atoms with Gasteiger partial charge in [0.1, 0.15) is 0 Å². The number of hydrogen-bond acceptors (Lipinski definition) is 4. The van der Waals surface area contributed by atoms with E-state index in [1.165, 1.54) is 0 Å². The molecule has 0 aliphatic carbocycles. The lowest BCUT2D eigenvalue weighted by molar-refractivity contribution is 0.619. The highest BCUT2D eigenvalue weighted by molar-refractivity contribution is 6.31. The minimum atomic E-state index is 0.286. The third-order valence-electron chi connectivity index (χ3n) is 2.73. The average Bonchev–Trinajstić information content (AvgIpc) is 2.85. The van der Waals surface area contributed by atoms with E-state index in [-0.39, 0.29) is 6.42 Å². The molecule has 0 aliphatic rings. The van der Waals surface area contributed by atoms with Gasteiger partial charge in [0.15, 0.2) is 11.2 Å². The van der Waals surface area contributed by atoms with E-state index in [1.54, 1.807) is 18.3 Å². The van der Waals surface area contributed by atoms with Crippen LogP contribution in [0.5, 0.6) is 0 Å². The molecule has 19 heavy (non-hydrogen) atoms. The molecule has 0 spiro atoms. The minimum Gasteiger partial charge on any atom is -0.434 e. The van der Waals surface area contributed by atoms with E-state index < -0.39 is 0 Å². The monoisotopic (exact) mass is 269 g/mol. The third kappa shape index (κ3) is 2.16. The molecule has 2 heterocycles. The first-order valence-electron chi connectivity index (χ1n) is 5.65. The molecule has 92 valence electrons. The van der Waals surface area contributed by atoms with Crippen molar-refractivity contribution in [3.05, 3.63) is 47.1 Å². The van der Waals surface area contributed by atoms with Gasteiger partial charge in [-0.25, -0.2) is 4.98 Å². The van der Waals surface area contributed by atoms with Crippen molar-refractivity contribution in [3.63, 3.8) is 0 Å². The van der Waals surface area contributed by atoms with Gasteiger partial charge in [-0.15, -0.1) is 0 Å². The van der Waals surface area contributed by atoms with Gasteiger partial charge in [-0.2, -0.15) is 10.2 Å². The van der Waals surface area contributed by atoms with Gasteiger partial charge in [-0.05, 0) is 29.8 Å². The molecule has 0 radical (unpaired) electrons. The fraction of sp³-hybridized carbons (Fsp3) is 0.0714. The number of fused-ring (bicyclic) bond motifs is 1. The maximum atomic E-state index is 8.68. The predicted octanol–water partition coefficient (Wildman–Crippen LogP) is 3.61. The zero-order valence-corrected chi connectivity index (χ0v) is 10.6. The zero-order chi connectivity index (χ0) is 13.2. The van der Waals surface area contributed by atoms with Crippen LogP contribution in [0.4, 0.5) is 0 Å². The lowest BCUT2D eigenvalue weighted by Crippen LogP contribution is -1.85. The lowest BCUT2D eigenvalue weighted by Gasteiger charge is -2.01. The molecule has 0 saturated carbocycles. The number of nitrogens with zero attached hydrogens (tertiary/aromatic N) is 3. The second-order valence-electron chi connectivity index (χ2n) is 3.99. The summed E-state index contributed by atoms with van der Waals surface area (Å²) in [7, 11) is 0. The van der Waals surface area contributed by atoms with Gasteiger partial charge in [0.2, 0.25) is 5.89 Å². The van der Waals surface area contributed by atoms with E-state index in [0.29, 0.717) is 22.1 Å². The van der Waals surface area contributed by atoms with Crippen LogP contribution < -0.4 is 0 Å². The van der Waals surface area contributed by atoms with Crippen molar-refractivity contribution in [2.24, 2.45) is 0 Å². The summed E-state index contributed by atoms with van der Waals surface area (Å²) in [6.45, 7) is 0. The molecule has 5 heteroatoms. The van der Waals surface area contributed by atoms with Crippen molar-refractivity contribution in [1.82, 2.24) is 9.97 Å². The van der Waals surface area contributed by atoms with Crippen molar-refractivity contribution in [2.45, 2.75) is 6.42 Å². The average molecular weight is 270 g/mol. The summed E-state index contributed by atoms with van der Waals surface area (Å²) in [5.41, 5.74) is 2.76. The van der Waals surface area contributed by atoms with Crippen LogP contribution in [-0.4, -0.2) is 9.97 Å². The van der Waals surface area contributed by atoms with Crippen molar-refractivity contribution in [1.29, 1.82) is 5.26 Å². The second-order valence-corrected chi connectivity index (χ2v) is 4.39. The summed E-state index contributed by atoms with van der Waals surface area (Å²) in [4.78, 5) is 8.41. The van der Waals surface area contributed by atoms with Gasteiger partial charge in [-0.3, -0.25) is 0 Å². The molecule has 3 rings (SSSR count). The largest absolute Gasteiger partial charge is 0.434 e. The highest BCUT2D eigenvalue weighted by atomic mass is 35.5. The first-order chi connectivity index (χ1) is 9.28. The maximum absolute atomic E-state index is 8.68. The standard InChI is InChI=1S/C14H8ClN3O/c15-11-8-10(4-3-9(11)5-6-16)14-18-13-12(19-14)2-1-7-17-13/h1-4,7-8H,5H2. The first-order valence-corrected chi connectivity index (χ1v) is 6.03.